The zero-order chi connectivity index (χ0) is 41.3. The molecule has 30 nitrogen and oxygen atoms in total. The minimum atomic E-state index is -0.474. The van der Waals surface area contributed by atoms with E-state index in [1.165, 1.54) is 0 Å². The Hall–Kier alpha value is -1.20. The molecule has 7 saturated heterocycles. The monoisotopic (exact) mass is 846 g/mol. The first-order chi connectivity index (χ1) is 28.7. The van der Waals surface area contributed by atoms with Crippen LogP contribution in [0.1, 0.15) is 33.6 Å². The third kappa shape index (κ3) is 13.4. The Kier molecular flexibility index (Phi) is 17.4. The topological polar surface area (TPSA) is 358 Å². The number of hydrogen-bond acceptors (Lipinski definition) is 30. The van der Waals surface area contributed by atoms with Gasteiger partial charge in [0.25, 0.3) is 0 Å². The predicted octanol–water partition coefficient (Wildman–Crippen LogP) is -13.0. The van der Waals surface area contributed by atoms with Gasteiger partial charge in [0.2, 0.25) is 0 Å². The molecule has 19 atom stereocenters. The molecule has 0 amide bonds. The molecule has 7 aliphatic rings. The van der Waals surface area contributed by atoms with E-state index in [-0.39, 0.29) is 100 Å². The molecule has 0 aromatic heterocycles. The Morgan fingerprint density at radius 2 is 0.593 bits per heavy atom. The maximum Gasteiger partial charge on any atom is 0.168 e. The molecule has 0 aliphatic carbocycles. The van der Waals surface area contributed by atoms with Crippen molar-refractivity contribution in [1.29, 1.82) is 0 Å². The van der Waals surface area contributed by atoms with Gasteiger partial charge in [-0.2, -0.15) is 0 Å². The lowest BCUT2D eigenvalue weighted by atomic mass is 10.3. The van der Waals surface area contributed by atoms with Crippen molar-refractivity contribution in [2.45, 2.75) is 153 Å². The molecule has 59 heavy (non-hydrogen) atoms. The lowest BCUT2D eigenvalue weighted by Crippen LogP contribution is -2.87. The van der Waals surface area contributed by atoms with Gasteiger partial charge in [-0.05, 0) is 54.5 Å². The highest BCUT2D eigenvalue weighted by Crippen LogP contribution is 2.05. The van der Waals surface area contributed by atoms with Crippen molar-refractivity contribution in [1.82, 2.24) is 154 Å². The van der Waals surface area contributed by atoms with Crippen LogP contribution in [-0.2, 0) is 4.74 Å². The number of hydrogen-bond donors (Lipinski definition) is 29. The molecule has 7 heterocycles. The summed E-state index contributed by atoms with van der Waals surface area (Å²) in [5.74, 6) is 0. The Bertz CT molecular complexity index is 1230. The molecule has 0 saturated carbocycles. The second-order valence-corrected chi connectivity index (χ2v) is 15.2. The van der Waals surface area contributed by atoms with Gasteiger partial charge in [0.15, 0.2) is 6.35 Å². The molecular formula is C29H75N29O. The molecule has 7 aliphatic heterocycles. The van der Waals surface area contributed by atoms with E-state index < -0.39 is 18.9 Å². The fourth-order valence-electron chi connectivity index (χ4n) is 7.47. The predicted molar refractivity (Wildman–Crippen MR) is 219 cm³/mol. The van der Waals surface area contributed by atoms with Crippen LogP contribution >= 0.6 is 0 Å². The van der Waals surface area contributed by atoms with Crippen LogP contribution in [0.4, 0.5) is 0 Å². The van der Waals surface area contributed by atoms with Crippen molar-refractivity contribution in [3.8, 4) is 0 Å². The Labute approximate surface area is 346 Å². The van der Waals surface area contributed by atoms with E-state index >= 15 is 0 Å². The summed E-state index contributed by atoms with van der Waals surface area (Å²) in [6, 6.07) is 0. The maximum atomic E-state index is 6.39. The first-order valence-electron chi connectivity index (χ1n) is 21.0. The Morgan fingerprint density at radius 1 is 0.356 bits per heavy atom. The SMILES string of the molecule is CCCNC1NC2NC3NC(NC)NC(NC4NC(NC)NC(N4)NC4NC(NC)NC(N4)NC4NC(NC)NC(N4)NC4NC(NC(N1)N2)NC(OC(C)CC)N4)N3. The van der Waals surface area contributed by atoms with Crippen LogP contribution in [0.15, 0.2) is 0 Å². The molecule has 12 bridgehead atoms. The summed E-state index contributed by atoms with van der Waals surface area (Å²) >= 11 is 0. The Balaban J connectivity index is 1.14. The molecule has 0 spiro atoms. The van der Waals surface area contributed by atoms with Crippen molar-refractivity contribution in [2.24, 2.45) is 0 Å². The van der Waals surface area contributed by atoms with Gasteiger partial charge in [-0.25, -0.2) is 0 Å². The van der Waals surface area contributed by atoms with Crippen LogP contribution < -0.4 is 154 Å². The standard InChI is InChI=1S/C29H75N29O/c1-8-10-34-16-43-25-52-23-41-14(32-6)39-21(50-23)48-19-37-12(30-4)35-17(46-19)45-18-36-13(31-5)38-20(47-18)49-22-40-15(33-7)42-24(51-22)54-27-56-28(55-26(44-16)53-25)58-29(57-27)59-11(3)9-2/h11-58H,8-10H2,1-7H3. The van der Waals surface area contributed by atoms with Gasteiger partial charge in [-0.3, -0.25) is 154 Å². The Morgan fingerprint density at radius 3 is 0.814 bits per heavy atom. The highest BCUT2D eigenvalue weighted by Gasteiger charge is 2.39. The summed E-state index contributed by atoms with van der Waals surface area (Å²) < 4.78 is 6.39. The summed E-state index contributed by atoms with van der Waals surface area (Å²) in [6.07, 6.45) is -4.06. The lowest BCUT2D eigenvalue weighted by Gasteiger charge is -2.48. The summed E-state index contributed by atoms with van der Waals surface area (Å²) in [5.41, 5.74) is 0. The van der Waals surface area contributed by atoms with E-state index in [9.17, 15) is 0 Å². The molecule has 7 fully saturated rings. The number of nitrogens with one attached hydrogen (secondary N) is 29. The highest BCUT2D eigenvalue weighted by molar-refractivity contribution is 4.92. The van der Waals surface area contributed by atoms with Crippen molar-refractivity contribution in [3.63, 3.8) is 0 Å². The third-order valence-corrected chi connectivity index (χ3v) is 10.7. The van der Waals surface area contributed by atoms with E-state index in [1.807, 2.05) is 28.2 Å². The summed E-state index contributed by atoms with van der Waals surface area (Å²) in [5, 5.41) is 103. The fraction of sp³-hybridized carbons (Fsp3) is 1.00. The van der Waals surface area contributed by atoms with Gasteiger partial charge >= 0.3 is 0 Å². The fourth-order valence-corrected chi connectivity index (χ4v) is 7.47. The number of ether oxygens (including phenoxy) is 1. The van der Waals surface area contributed by atoms with Gasteiger partial charge in [0.1, 0.15) is 107 Å². The molecular weight excluding hydrogens is 771 g/mol. The zero-order valence-electron chi connectivity index (χ0n) is 35.0. The second-order valence-electron chi connectivity index (χ2n) is 15.2. The first-order valence-corrected chi connectivity index (χ1v) is 21.0. The van der Waals surface area contributed by atoms with Crippen molar-refractivity contribution < 1.29 is 4.74 Å². The molecule has 30 heteroatoms. The molecule has 7 rings (SSSR count). The van der Waals surface area contributed by atoms with Crippen LogP contribution in [0.2, 0.25) is 0 Å². The van der Waals surface area contributed by atoms with E-state index in [2.05, 4.69) is 175 Å². The molecule has 0 aromatic carbocycles. The smallest absolute Gasteiger partial charge is 0.168 e. The van der Waals surface area contributed by atoms with Gasteiger partial charge < -0.3 is 4.74 Å². The van der Waals surface area contributed by atoms with E-state index in [0.717, 1.165) is 19.4 Å². The summed E-state index contributed by atoms with van der Waals surface area (Å²) in [6.45, 7) is 7.14. The largest absolute Gasteiger partial charge is 0.347 e. The average Bonchev–Trinajstić information content (AvgIpc) is 3.21. The zero-order valence-corrected chi connectivity index (χ0v) is 35.0. The van der Waals surface area contributed by atoms with Gasteiger partial charge in [0, 0.05) is 0 Å². The molecule has 0 radical (unpaired) electrons. The third-order valence-electron chi connectivity index (χ3n) is 10.7. The van der Waals surface area contributed by atoms with Crippen molar-refractivity contribution in [2.75, 3.05) is 34.7 Å². The van der Waals surface area contributed by atoms with Crippen molar-refractivity contribution in [3.05, 3.63) is 0 Å². The van der Waals surface area contributed by atoms with Gasteiger partial charge in [0.05, 0.1) is 6.10 Å². The average molecular weight is 846 g/mol. The van der Waals surface area contributed by atoms with Crippen LogP contribution in [-0.4, -0.2) is 154 Å². The van der Waals surface area contributed by atoms with Crippen LogP contribution in [0.25, 0.3) is 0 Å². The maximum absolute atomic E-state index is 6.39. The quantitative estimate of drug-likeness (QED) is 0.0970. The normalized spacial score (nSPS) is 45.8. The lowest BCUT2D eigenvalue weighted by molar-refractivity contribution is -0.0889. The molecule has 0 aromatic rings. The minimum Gasteiger partial charge on any atom is -0.347 e. The van der Waals surface area contributed by atoms with Crippen LogP contribution in [0.3, 0.4) is 0 Å². The van der Waals surface area contributed by atoms with Gasteiger partial charge in [-0.1, -0.05) is 13.8 Å². The molecule has 342 valence electrons. The summed E-state index contributed by atoms with van der Waals surface area (Å²) in [4.78, 5) is 0. The van der Waals surface area contributed by atoms with Crippen molar-refractivity contribution >= 4 is 0 Å². The highest BCUT2D eigenvalue weighted by atomic mass is 16.5. The van der Waals surface area contributed by atoms with Crippen LogP contribution in [0.5, 0.6) is 0 Å². The molecule has 29 N–H and O–H groups in total. The number of rotatable bonds is 10. The van der Waals surface area contributed by atoms with E-state index in [1.54, 1.807) is 0 Å². The van der Waals surface area contributed by atoms with Gasteiger partial charge in [-0.15, -0.1) is 0 Å². The van der Waals surface area contributed by atoms with E-state index in [0.29, 0.717) is 0 Å². The summed E-state index contributed by atoms with van der Waals surface area (Å²) in [7, 11) is 7.60. The minimum absolute atomic E-state index is 0.0181. The van der Waals surface area contributed by atoms with E-state index in [4.69, 9.17) is 4.74 Å². The second kappa shape index (κ2) is 22.4. The number of fused-ring (bicyclic) bond motifs is 12. The van der Waals surface area contributed by atoms with Crippen LogP contribution in [0, 0.1) is 0 Å². The molecule has 19 unspecified atom stereocenters. The first kappa shape index (κ1) is 45.8.